The van der Waals surface area contributed by atoms with Crippen molar-refractivity contribution in [2.45, 2.75) is 70.0 Å². The summed E-state index contributed by atoms with van der Waals surface area (Å²) in [6.45, 7) is 3.77. The van der Waals surface area contributed by atoms with Crippen molar-refractivity contribution in [3.05, 3.63) is 35.4 Å². The van der Waals surface area contributed by atoms with Crippen molar-refractivity contribution in [3.63, 3.8) is 0 Å². The van der Waals surface area contributed by atoms with Gasteiger partial charge < -0.3 is 15.3 Å². The lowest BCUT2D eigenvalue weighted by molar-refractivity contribution is -0.137. The van der Waals surface area contributed by atoms with Gasteiger partial charge in [0.05, 0.1) is 12.2 Å². The first-order valence-electron chi connectivity index (χ1n) is 9.60. The van der Waals surface area contributed by atoms with Crippen LogP contribution < -0.4 is 0 Å². The zero-order chi connectivity index (χ0) is 20.4. The number of alkyl halides is 1. The molecule has 0 amide bonds. The topological polar surface area (TPSA) is 77.8 Å². The quantitative estimate of drug-likeness (QED) is 0.254. The van der Waals surface area contributed by atoms with Crippen LogP contribution in [0.25, 0.3) is 0 Å². The van der Waals surface area contributed by atoms with Crippen LogP contribution in [-0.2, 0) is 4.79 Å². The van der Waals surface area contributed by atoms with Crippen LogP contribution in [0.3, 0.4) is 0 Å². The number of carboxylic acids is 1. The number of halogens is 2. The summed E-state index contributed by atoms with van der Waals surface area (Å²) in [6, 6.07) is 0. The van der Waals surface area contributed by atoms with E-state index in [1.165, 1.54) is 0 Å². The summed E-state index contributed by atoms with van der Waals surface area (Å²) in [6.07, 6.45) is 11.9. The highest BCUT2D eigenvalue weighted by molar-refractivity contribution is 6.29. The molecule has 1 rings (SSSR count). The number of aliphatic hydroxyl groups is 2. The predicted octanol–water partition coefficient (Wildman–Crippen LogP) is 4.88. The molecule has 1 unspecified atom stereocenters. The van der Waals surface area contributed by atoms with E-state index in [1.54, 1.807) is 6.08 Å². The van der Waals surface area contributed by atoms with Crippen molar-refractivity contribution in [2.24, 2.45) is 17.8 Å². The third kappa shape index (κ3) is 9.29. The first-order chi connectivity index (χ1) is 12.7. The standard InChI is InChI=1S/C21H32Cl2O4/c1-14(9-10-15(2)22)19(24)12-11-17-16(18(23)13-20(17)25)7-5-3-4-6-8-21(26)27/h3,5,10-12,14,16-20,24-25H,4,6-9,13H2,1-2H3,(H,26,27)/t14?,16-,17-,18-,19-,20-/m1/s1. The predicted molar refractivity (Wildman–Crippen MR) is 111 cm³/mol. The fourth-order valence-electron chi connectivity index (χ4n) is 3.33. The summed E-state index contributed by atoms with van der Waals surface area (Å²) >= 11 is 12.3. The summed E-state index contributed by atoms with van der Waals surface area (Å²) in [7, 11) is 0. The van der Waals surface area contributed by atoms with E-state index in [0.717, 1.165) is 12.8 Å². The molecule has 6 heteroatoms. The van der Waals surface area contributed by atoms with Crippen molar-refractivity contribution in [2.75, 3.05) is 0 Å². The normalized spacial score (nSPS) is 28.9. The SMILES string of the molecule is CC(Cl)=CCC(C)[C@H](O)C=C[C@@H]1[C@@H](CC=CCCCC(=O)O)[C@H](Cl)C[C@H]1O. The van der Waals surface area contributed by atoms with Gasteiger partial charge in [-0.2, -0.15) is 0 Å². The van der Waals surface area contributed by atoms with E-state index in [2.05, 4.69) is 0 Å². The second-order valence-corrected chi connectivity index (χ2v) is 8.59. The first kappa shape index (κ1) is 24.2. The molecule has 154 valence electrons. The first-order valence-corrected chi connectivity index (χ1v) is 10.4. The van der Waals surface area contributed by atoms with Gasteiger partial charge >= 0.3 is 5.97 Å². The van der Waals surface area contributed by atoms with Crippen LogP contribution >= 0.6 is 23.2 Å². The summed E-state index contributed by atoms with van der Waals surface area (Å²) in [5.74, 6) is -0.741. The van der Waals surface area contributed by atoms with Gasteiger partial charge in [0.25, 0.3) is 0 Å². The number of carbonyl (C=O) groups is 1. The molecule has 0 bridgehead atoms. The number of carboxylic acid groups (broad SMARTS) is 1. The van der Waals surface area contributed by atoms with Crippen molar-refractivity contribution in [1.29, 1.82) is 0 Å². The van der Waals surface area contributed by atoms with E-state index in [1.807, 2.05) is 38.2 Å². The third-order valence-corrected chi connectivity index (χ3v) is 5.75. The molecule has 0 spiro atoms. The second kappa shape index (κ2) is 12.6. The summed E-state index contributed by atoms with van der Waals surface area (Å²) < 4.78 is 0. The lowest BCUT2D eigenvalue weighted by Gasteiger charge is -2.20. The van der Waals surface area contributed by atoms with Crippen LogP contribution in [0.4, 0.5) is 0 Å². The number of hydrogen-bond donors (Lipinski definition) is 3. The number of unbranched alkanes of at least 4 members (excludes halogenated alkanes) is 1. The third-order valence-electron chi connectivity index (χ3n) is 5.09. The molecule has 1 fully saturated rings. The van der Waals surface area contributed by atoms with Crippen LogP contribution in [-0.4, -0.2) is 38.9 Å². The van der Waals surface area contributed by atoms with Crippen molar-refractivity contribution >= 4 is 29.2 Å². The highest BCUT2D eigenvalue weighted by Gasteiger charge is 2.39. The van der Waals surface area contributed by atoms with Crippen molar-refractivity contribution in [1.82, 2.24) is 0 Å². The number of rotatable bonds is 11. The van der Waals surface area contributed by atoms with Gasteiger partial charge in [0.1, 0.15) is 0 Å². The van der Waals surface area contributed by atoms with Gasteiger partial charge in [-0.25, -0.2) is 0 Å². The van der Waals surface area contributed by atoms with Gasteiger partial charge in [-0.05, 0) is 50.9 Å². The maximum atomic E-state index is 10.5. The monoisotopic (exact) mass is 418 g/mol. The van der Waals surface area contributed by atoms with Crippen molar-refractivity contribution < 1.29 is 20.1 Å². The van der Waals surface area contributed by atoms with Crippen LogP contribution in [0, 0.1) is 17.8 Å². The zero-order valence-electron chi connectivity index (χ0n) is 16.1. The number of aliphatic carboxylic acids is 1. The summed E-state index contributed by atoms with van der Waals surface area (Å²) in [4.78, 5) is 10.5. The van der Waals surface area contributed by atoms with Crippen molar-refractivity contribution in [3.8, 4) is 0 Å². The molecule has 4 nitrogen and oxygen atoms in total. The Morgan fingerprint density at radius 3 is 2.67 bits per heavy atom. The Balaban J connectivity index is 2.58. The van der Waals surface area contributed by atoms with Gasteiger partial charge in [-0.15, -0.1) is 11.6 Å². The van der Waals surface area contributed by atoms with Gasteiger partial charge in [0, 0.05) is 22.7 Å². The minimum atomic E-state index is -0.780. The van der Waals surface area contributed by atoms with Gasteiger partial charge in [-0.1, -0.05) is 48.9 Å². The van der Waals surface area contributed by atoms with Crippen LogP contribution in [0.15, 0.2) is 35.4 Å². The van der Waals surface area contributed by atoms with Crippen LogP contribution in [0.1, 0.15) is 52.4 Å². The largest absolute Gasteiger partial charge is 0.481 e. The number of aliphatic hydroxyl groups excluding tert-OH is 2. The van der Waals surface area contributed by atoms with E-state index in [4.69, 9.17) is 28.3 Å². The molecule has 0 aliphatic heterocycles. The molecule has 1 saturated carbocycles. The Bertz CT molecular complexity index is 540. The zero-order valence-corrected chi connectivity index (χ0v) is 17.6. The highest BCUT2D eigenvalue weighted by Crippen LogP contribution is 2.39. The summed E-state index contributed by atoms with van der Waals surface area (Å²) in [5, 5.41) is 29.9. The molecule has 0 saturated heterocycles. The molecular formula is C21H32Cl2O4. The van der Waals surface area contributed by atoms with E-state index in [9.17, 15) is 15.0 Å². The smallest absolute Gasteiger partial charge is 0.303 e. The molecule has 3 N–H and O–H groups in total. The van der Waals surface area contributed by atoms with E-state index in [0.29, 0.717) is 24.3 Å². The Kier molecular flexibility index (Phi) is 11.3. The van der Waals surface area contributed by atoms with Crippen LogP contribution in [0.5, 0.6) is 0 Å². The Hall–Kier alpha value is -0.810. The number of hydrogen-bond acceptors (Lipinski definition) is 3. The molecule has 0 heterocycles. The van der Waals surface area contributed by atoms with Gasteiger partial charge in [0.15, 0.2) is 0 Å². The number of allylic oxidation sites excluding steroid dienone is 4. The molecule has 0 radical (unpaired) electrons. The molecule has 0 aromatic carbocycles. The lowest BCUT2D eigenvalue weighted by Crippen LogP contribution is -2.20. The Labute approximate surface area is 172 Å². The Morgan fingerprint density at radius 2 is 2.04 bits per heavy atom. The van der Waals surface area contributed by atoms with E-state index < -0.39 is 18.2 Å². The second-order valence-electron chi connectivity index (χ2n) is 7.43. The van der Waals surface area contributed by atoms with Gasteiger partial charge in [0.2, 0.25) is 0 Å². The van der Waals surface area contributed by atoms with Crippen LogP contribution in [0.2, 0.25) is 0 Å². The van der Waals surface area contributed by atoms with E-state index >= 15 is 0 Å². The fraction of sp³-hybridized carbons (Fsp3) is 0.667. The molecule has 0 aromatic rings. The average molecular weight is 419 g/mol. The minimum absolute atomic E-state index is 0.0351. The maximum Gasteiger partial charge on any atom is 0.303 e. The highest BCUT2D eigenvalue weighted by atomic mass is 35.5. The Morgan fingerprint density at radius 1 is 1.33 bits per heavy atom. The fourth-order valence-corrected chi connectivity index (χ4v) is 3.87. The molecule has 27 heavy (non-hydrogen) atoms. The molecule has 1 aliphatic carbocycles. The lowest BCUT2D eigenvalue weighted by atomic mass is 9.89. The molecule has 6 atom stereocenters. The molecular weight excluding hydrogens is 387 g/mol. The molecule has 0 aromatic heterocycles. The molecule has 1 aliphatic rings. The average Bonchev–Trinajstić information content (AvgIpc) is 2.86. The summed E-state index contributed by atoms with van der Waals surface area (Å²) in [5.41, 5.74) is 0. The minimum Gasteiger partial charge on any atom is -0.481 e. The van der Waals surface area contributed by atoms with Gasteiger partial charge in [-0.3, -0.25) is 4.79 Å². The maximum absolute atomic E-state index is 10.5. The van der Waals surface area contributed by atoms with E-state index in [-0.39, 0.29) is 29.6 Å².